The summed E-state index contributed by atoms with van der Waals surface area (Å²) >= 11 is 0. The van der Waals surface area contributed by atoms with E-state index < -0.39 is 0 Å². The number of pyridine rings is 1. The standard InChI is InChI=1S/C24H25N3O2/c28-23(26-16-14-25(15-17-26)18-20-8-3-1-4-9-20)22-12-7-13-27(24(22)29)19-21-10-5-2-6-11-21/h1-13H,14-19H2. The molecule has 2 aromatic carbocycles. The summed E-state index contributed by atoms with van der Waals surface area (Å²) in [6.07, 6.45) is 1.74. The average Bonchev–Trinajstić information content (AvgIpc) is 2.77. The van der Waals surface area contributed by atoms with Crippen LogP contribution in [0.2, 0.25) is 0 Å². The van der Waals surface area contributed by atoms with Crippen LogP contribution in [0.15, 0.2) is 83.8 Å². The van der Waals surface area contributed by atoms with Crippen LogP contribution in [0.3, 0.4) is 0 Å². The lowest BCUT2D eigenvalue weighted by Crippen LogP contribution is -2.49. The Bertz CT molecular complexity index is 1010. The Morgan fingerprint density at radius 1 is 0.724 bits per heavy atom. The van der Waals surface area contributed by atoms with E-state index in [1.165, 1.54) is 5.56 Å². The zero-order valence-electron chi connectivity index (χ0n) is 16.4. The van der Waals surface area contributed by atoms with Gasteiger partial charge in [-0.1, -0.05) is 60.7 Å². The summed E-state index contributed by atoms with van der Waals surface area (Å²) in [5, 5.41) is 0. The van der Waals surface area contributed by atoms with Crippen LogP contribution in [-0.4, -0.2) is 46.5 Å². The number of amides is 1. The molecule has 1 aliphatic rings. The predicted molar refractivity (Wildman–Crippen MR) is 114 cm³/mol. The lowest BCUT2D eigenvalue weighted by atomic mass is 10.1. The van der Waals surface area contributed by atoms with E-state index in [0.29, 0.717) is 19.6 Å². The van der Waals surface area contributed by atoms with E-state index in [4.69, 9.17) is 0 Å². The minimum Gasteiger partial charge on any atom is -0.336 e. The summed E-state index contributed by atoms with van der Waals surface area (Å²) in [5.41, 5.74) is 2.33. The summed E-state index contributed by atoms with van der Waals surface area (Å²) in [7, 11) is 0. The van der Waals surface area contributed by atoms with Crippen molar-refractivity contribution in [2.45, 2.75) is 13.1 Å². The van der Waals surface area contributed by atoms with Crippen molar-refractivity contribution in [1.82, 2.24) is 14.4 Å². The van der Waals surface area contributed by atoms with Gasteiger partial charge >= 0.3 is 0 Å². The Morgan fingerprint density at radius 3 is 1.93 bits per heavy atom. The highest BCUT2D eigenvalue weighted by Crippen LogP contribution is 2.11. The second kappa shape index (κ2) is 8.88. The predicted octanol–water partition coefficient (Wildman–Crippen LogP) is 2.85. The van der Waals surface area contributed by atoms with Gasteiger partial charge in [0.2, 0.25) is 0 Å². The van der Waals surface area contributed by atoms with E-state index in [-0.39, 0.29) is 17.0 Å². The molecule has 148 valence electrons. The molecule has 1 aromatic heterocycles. The van der Waals surface area contributed by atoms with Crippen molar-refractivity contribution in [2.75, 3.05) is 26.2 Å². The molecule has 5 heteroatoms. The molecule has 29 heavy (non-hydrogen) atoms. The van der Waals surface area contributed by atoms with Crippen LogP contribution in [0.5, 0.6) is 0 Å². The van der Waals surface area contributed by atoms with Crippen LogP contribution >= 0.6 is 0 Å². The molecule has 0 saturated carbocycles. The fraction of sp³-hybridized carbons (Fsp3) is 0.250. The van der Waals surface area contributed by atoms with Gasteiger partial charge in [0.05, 0.1) is 6.54 Å². The van der Waals surface area contributed by atoms with Crippen molar-refractivity contribution >= 4 is 5.91 Å². The van der Waals surface area contributed by atoms with E-state index in [0.717, 1.165) is 25.2 Å². The van der Waals surface area contributed by atoms with Crippen LogP contribution in [-0.2, 0) is 13.1 Å². The van der Waals surface area contributed by atoms with Gasteiger partial charge in [-0.25, -0.2) is 0 Å². The minimum absolute atomic E-state index is 0.170. The Morgan fingerprint density at radius 2 is 1.31 bits per heavy atom. The Kier molecular flexibility index (Phi) is 5.86. The highest BCUT2D eigenvalue weighted by Gasteiger charge is 2.24. The summed E-state index contributed by atoms with van der Waals surface area (Å²) < 4.78 is 1.61. The number of carbonyl (C=O) groups is 1. The quantitative estimate of drug-likeness (QED) is 0.676. The molecule has 0 unspecified atom stereocenters. The smallest absolute Gasteiger partial charge is 0.263 e. The number of hydrogen-bond donors (Lipinski definition) is 0. The van der Waals surface area contributed by atoms with Crippen LogP contribution < -0.4 is 5.56 Å². The van der Waals surface area contributed by atoms with Gasteiger partial charge in [-0.05, 0) is 23.3 Å². The molecule has 2 heterocycles. The maximum Gasteiger partial charge on any atom is 0.263 e. The van der Waals surface area contributed by atoms with Gasteiger partial charge in [-0.15, -0.1) is 0 Å². The fourth-order valence-corrected chi connectivity index (χ4v) is 3.73. The molecular weight excluding hydrogens is 362 g/mol. The Labute approximate surface area is 170 Å². The summed E-state index contributed by atoms with van der Waals surface area (Å²) in [6.45, 7) is 4.25. The van der Waals surface area contributed by atoms with Crippen LogP contribution in [0.25, 0.3) is 0 Å². The fourth-order valence-electron chi connectivity index (χ4n) is 3.73. The average molecular weight is 387 g/mol. The first-order valence-corrected chi connectivity index (χ1v) is 9.99. The monoisotopic (exact) mass is 387 g/mol. The zero-order chi connectivity index (χ0) is 20.1. The van der Waals surface area contributed by atoms with Crippen molar-refractivity contribution in [1.29, 1.82) is 0 Å². The lowest BCUT2D eigenvalue weighted by Gasteiger charge is -2.34. The number of aromatic nitrogens is 1. The SMILES string of the molecule is O=C(c1cccn(Cc2ccccc2)c1=O)N1CCN(Cc2ccccc2)CC1. The molecule has 0 radical (unpaired) electrons. The number of hydrogen-bond acceptors (Lipinski definition) is 3. The van der Waals surface area contributed by atoms with Crippen molar-refractivity contribution < 1.29 is 4.79 Å². The minimum atomic E-state index is -0.229. The third-order valence-electron chi connectivity index (χ3n) is 5.35. The van der Waals surface area contributed by atoms with Gasteiger partial charge in [-0.2, -0.15) is 0 Å². The number of piperazine rings is 1. The van der Waals surface area contributed by atoms with E-state index >= 15 is 0 Å². The van der Waals surface area contributed by atoms with Crippen molar-refractivity contribution in [3.8, 4) is 0 Å². The Balaban J connectivity index is 1.41. The summed E-state index contributed by atoms with van der Waals surface area (Å²) in [6, 6.07) is 23.6. The third-order valence-corrected chi connectivity index (χ3v) is 5.35. The van der Waals surface area contributed by atoms with E-state index in [2.05, 4.69) is 17.0 Å². The number of carbonyl (C=O) groups excluding carboxylic acids is 1. The van der Waals surface area contributed by atoms with E-state index in [1.54, 1.807) is 27.8 Å². The molecule has 3 aromatic rings. The normalized spacial score (nSPS) is 14.7. The highest BCUT2D eigenvalue weighted by molar-refractivity contribution is 5.93. The molecule has 5 nitrogen and oxygen atoms in total. The molecule has 1 saturated heterocycles. The first-order chi connectivity index (χ1) is 14.2. The second-order valence-corrected chi connectivity index (χ2v) is 7.39. The van der Waals surface area contributed by atoms with Crippen molar-refractivity contribution in [3.63, 3.8) is 0 Å². The zero-order valence-corrected chi connectivity index (χ0v) is 16.4. The number of rotatable bonds is 5. The first-order valence-electron chi connectivity index (χ1n) is 9.99. The molecule has 1 amide bonds. The maximum absolute atomic E-state index is 13.0. The second-order valence-electron chi connectivity index (χ2n) is 7.39. The molecule has 1 aliphatic heterocycles. The highest BCUT2D eigenvalue weighted by atomic mass is 16.2. The molecule has 0 bridgehead atoms. The van der Waals surface area contributed by atoms with Gasteiger partial charge in [0, 0.05) is 38.9 Å². The van der Waals surface area contributed by atoms with Gasteiger partial charge in [0.25, 0.3) is 11.5 Å². The van der Waals surface area contributed by atoms with E-state index in [9.17, 15) is 9.59 Å². The van der Waals surface area contributed by atoms with Crippen molar-refractivity contribution in [3.05, 3.63) is 106 Å². The largest absolute Gasteiger partial charge is 0.336 e. The summed E-state index contributed by atoms with van der Waals surface area (Å²) in [5.74, 6) is -0.170. The van der Waals surface area contributed by atoms with Gasteiger partial charge < -0.3 is 9.47 Å². The van der Waals surface area contributed by atoms with Crippen LogP contribution in [0.4, 0.5) is 0 Å². The molecule has 4 rings (SSSR count). The van der Waals surface area contributed by atoms with Crippen molar-refractivity contribution in [2.24, 2.45) is 0 Å². The molecule has 0 atom stereocenters. The summed E-state index contributed by atoms with van der Waals surface area (Å²) in [4.78, 5) is 30.0. The number of benzene rings is 2. The molecular formula is C24H25N3O2. The maximum atomic E-state index is 13.0. The molecule has 0 N–H and O–H groups in total. The van der Waals surface area contributed by atoms with Gasteiger partial charge in [-0.3, -0.25) is 14.5 Å². The molecule has 1 fully saturated rings. The first kappa shape index (κ1) is 19.2. The Hall–Kier alpha value is -3.18. The number of nitrogens with zero attached hydrogens (tertiary/aromatic N) is 3. The van der Waals surface area contributed by atoms with Gasteiger partial charge in [0.15, 0.2) is 0 Å². The van der Waals surface area contributed by atoms with Crippen LogP contribution in [0.1, 0.15) is 21.5 Å². The van der Waals surface area contributed by atoms with Gasteiger partial charge in [0.1, 0.15) is 5.56 Å². The van der Waals surface area contributed by atoms with Crippen LogP contribution in [0, 0.1) is 0 Å². The molecule has 0 aliphatic carbocycles. The third kappa shape index (κ3) is 4.63. The molecule has 0 spiro atoms. The topological polar surface area (TPSA) is 45.6 Å². The lowest BCUT2D eigenvalue weighted by molar-refractivity contribution is 0.0626. The van der Waals surface area contributed by atoms with E-state index in [1.807, 2.05) is 48.5 Å².